The lowest BCUT2D eigenvalue weighted by Gasteiger charge is -2.54. The molecular weight excluding hydrogens is 392 g/mol. The molecule has 0 aromatic heterocycles. The van der Waals surface area contributed by atoms with E-state index >= 15 is 0 Å². The average molecular weight is 435 g/mol. The molecule has 2 atom stereocenters. The van der Waals surface area contributed by atoms with Crippen LogP contribution in [0.15, 0.2) is 23.3 Å². The van der Waals surface area contributed by atoms with Gasteiger partial charge in [-0.2, -0.15) is 0 Å². The second kappa shape index (κ2) is 8.61. The van der Waals surface area contributed by atoms with E-state index in [0.29, 0.717) is 0 Å². The molecule has 5 rings (SSSR count). The van der Waals surface area contributed by atoms with Crippen LogP contribution >= 0.6 is 0 Å². The van der Waals surface area contributed by atoms with Crippen molar-refractivity contribution in [3.05, 3.63) is 56.7 Å². The van der Waals surface area contributed by atoms with Crippen molar-refractivity contribution in [2.75, 3.05) is 0 Å². The molecule has 0 saturated carbocycles. The van der Waals surface area contributed by atoms with Crippen LogP contribution in [0.4, 0.5) is 0 Å². The van der Waals surface area contributed by atoms with Crippen molar-refractivity contribution in [1.29, 1.82) is 0 Å². The van der Waals surface area contributed by atoms with Crippen LogP contribution in [-0.2, 0) is 46.7 Å². The summed E-state index contributed by atoms with van der Waals surface area (Å²) < 4.78 is 0. The molecule has 0 spiro atoms. The Bertz CT molecular complexity index is 992. The van der Waals surface area contributed by atoms with Crippen molar-refractivity contribution in [3.63, 3.8) is 0 Å². The van der Waals surface area contributed by atoms with E-state index in [2.05, 4.69) is 67.5 Å². The Hall–Kier alpha value is -1.64. The van der Waals surface area contributed by atoms with E-state index in [9.17, 15) is 0 Å². The monoisotopic (exact) mass is 434 g/mol. The van der Waals surface area contributed by atoms with Gasteiger partial charge in [-0.3, -0.25) is 0 Å². The van der Waals surface area contributed by atoms with Crippen LogP contribution < -0.4 is 0 Å². The molecule has 2 heterocycles. The fourth-order valence-electron chi connectivity index (χ4n) is 7.19. The van der Waals surface area contributed by atoms with E-state index in [1.165, 1.54) is 44.2 Å². The summed E-state index contributed by atoms with van der Waals surface area (Å²) in [5.74, 6) is 0. The van der Waals surface area contributed by atoms with Crippen molar-refractivity contribution in [2.45, 2.75) is 118 Å². The second-order valence-electron chi connectivity index (χ2n) is 9.46. The zero-order valence-corrected chi connectivity index (χ0v) is 21.6. The zero-order valence-electron chi connectivity index (χ0n) is 21.6. The fraction of sp³-hybridized carbons (Fsp3) is 0.600. The lowest BCUT2D eigenvalue weighted by Crippen LogP contribution is -2.52. The summed E-state index contributed by atoms with van der Waals surface area (Å²) in [4.78, 5) is 12.8. The summed E-state index contributed by atoms with van der Waals surface area (Å²) in [7, 11) is 0. The Morgan fingerprint density at radius 1 is 0.500 bits per heavy atom. The van der Waals surface area contributed by atoms with Gasteiger partial charge >= 0.3 is 0 Å². The van der Waals surface area contributed by atoms with E-state index in [-0.39, 0.29) is 0 Å². The van der Waals surface area contributed by atoms with Crippen molar-refractivity contribution in [2.24, 2.45) is 0 Å². The predicted octanol–water partition coefficient (Wildman–Crippen LogP) is 8.39. The van der Waals surface area contributed by atoms with Gasteiger partial charge in [0, 0.05) is 0 Å². The highest BCUT2D eigenvalue weighted by molar-refractivity contribution is 5.93. The minimum Gasteiger partial charge on any atom is -0.219 e. The normalized spacial score (nSPS) is 24.5. The molecule has 0 N–H and O–H groups in total. The first-order valence-corrected chi connectivity index (χ1v) is 13.2. The quantitative estimate of drug-likeness (QED) is 0.307. The summed E-state index contributed by atoms with van der Waals surface area (Å²) in [5.41, 5.74) is 11.0. The van der Waals surface area contributed by atoms with Crippen LogP contribution in [-0.4, -0.2) is 0 Å². The predicted molar refractivity (Wildman–Crippen MR) is 135 cm³/mol. The number of fused-ring (bicyclic) bond motifs is 2. The molecule has 2 heteroatoms. The van der Waals surface area contributed by atoms with Gasteiger partial charge in [-0.15, -0.1) is 0 Å². The Balaban J connectivity index is 2.21. The number of rotatable bonds is 8. The highest BCUT2D eigenvalue weighted by Gasteiger charge is 2.58. The van der Waals surface area contributed by atoms with Crippen LogP contribution in [0.1, 0.15) is 114 Å². The lowest BCUT2D eigenvalue weighted by molar-refractivity contribution is -0.431. The minimum atomic E-state index is -0.451. The fourth-order valence-corrected chi connectivity index (χ4v) is 7.19. The number of benzene rings is 2. The smallest absolute Gasteiger partial charge is 0.150 e. The van der Waals surface area contributed by atoms with Gasteiger partial charge in [0.2, 0.25) is 0 Å². The van der Waals surface area contributed by atoms with Gasteiger partial charge in [-0.25, -0.2) is 9.78 Å². The van der Waals surface area contributed by atoms with Gasteiger partial charge in [0.15, 0.2) is 11.2 Å². The third-order valence-corrected chi connectivity index (χ3v) is 8.55. The van der Waals surface area contributed by atoms with E-state index in [0.717, 1.165) is 51.4 Å². The highest BCUT2D eigenvalue weighted by Crippen LogP contribution is 2.61. The van der Waals surface area contributed by atoms with E-state index in [1.54, 1.807) is 11.1 Å². The summed E-state index contributed by atoms with van der Waals surface area (Å²) in [6.45, 7) is 18.3. The van der Waals surface area contributed by atoms with E-state index < -0.39 is 11.2 Å². The van der Waals surface area contributed by atoms with Crippen molar-refractivity contribution in [3.8, 4) is 0 Å². The second-order valence-corrected chi connectivity index (χ2v) is 9.46. The first-order chi connectivity index (χ1) is 15.5. The average Bonchev–Trinajstić information content (AvgIpc) is 2.85. The Labute approximate surface area is 195 Å². The lowest BCUT2D eigenvalue weighted by atomic mass is 9.62. The SMILES string of the molecule is CCC1=C(CC)C2(CC)OOC1(CC)c1cc3c(CC)c(CC)c(CC)c(CC)c3cc12. The van der Waals surface area contributed by atoms with Gasteiger partial charge in [0.05, 0.1) is 0 Å². The molecular formula is C30H42O2. The maximum absolute atomic E-state index is 6.39. The maximum atomic E-state index is 6.39. The Kier molecular flexibility index (Phi) is 6.33. The minimum absolute atomic E-state index is 0.451. The number of hydrogen-bond donors (Lipinski definition) is 0. The molecule has 0 amide bonds. The van der Waals surface area contributed by atoms with Gasteiger partial charge in [-0.05, 0) is 119 Å². The molecule has 3 aliphatic rings. The summed E-state index contributed by atoms with van der Waals surface area (Å²) in [6.07, 6.45) is 8.16. The van der Waals surface area contributed by atoms with Crippen molar-refractivity contribution in [1.82, 2.24) is 0 Å². The van der Waals surface area contributed by atoms with E-state index in [1.807, 2.05) is 0 Å². The van der Waals surface area contributed by atoms with Gasteiger partial charge in [0.25, 0.3) is 0 Å². The molecule has 0 fully saturated rings. The number of aryl methyl sites for hydroxylation is 2. The number of hydrogen-bond acceptors (Lipinski definition) is 2. The van der Waals surface area contributed by atoms with Gasteiger partial charge < -0.3 is 0 Å². The summed E-state index contributed by atoms with van der Waals surface area (Å²) >= 11 is 0. The topological polar surface area (TPSA) is 18.5 Å². The Morgan fingerprint density at radius 3 is 1.09 bits per heavy atom. The largest absolute Gasteiger partial charge is 0.219 e. The van der Waals surface area contributed by atoms with Crippen LogP contribution in [0.2, 0.25) is 0 Å². The molecule has 2 nitrogen and oxygen atoms in total. The highest BCUT2D eigenvalue weighted by atomic mass is 17.2. The standard InChI is InChI=1S/C30H42O2/c1-9-19-20(10-2)22(12-4)24-18-28-27(17-23(24)21(19)11-3)29(15-7)25(13-5)26(14-6)30(28,16-8)32-31-29/h17-18H,9-16H2,1-8H3. The van der Waals surface area contributed by atoms with Crippen molar-refractivity contribution >= 4 is 10.8 Å². The molecule has 2 aromatic rings. The molecule has 2 bridgehead atoms. The zero-order chi connectivity index (χ0) is 23.3. The molecule has 32 heavy (non-hydrogen) atoms. The maximum Gasteiger partial charge on any atom is 0.150 e. The molecule has 2 aliphatic heterocycles. The van der Waals surface area contributed by atoms with Crippen LogP contribution in [0.25, 0.3) is 10.8 Å². The molecule has 174 valence electrons. The van der Waals surface area contributed by atoms with Gasteiger partial charge in [-0.1, -0.05) is 55.4 Å². The first-order valence-electron chi connectivity index (χ1n) is 13.2. The molecule has 0 radical (unpaired) electrons. The van der Waals surface area contributed by atoms with Crippen LogP contribution in [0.5, 0.6) is 0 Å². The third-order valence-electron chi connectivity index (χ3n) is 8.55. The molecule has 2 aromatic carbocycles. The molecule has 2 unspecified atom stereocenters. The van der Waals surface area contributed by atoms with E-state index in [4.69, 9.17) is 9.78 Å². The van der Waals surface area contributed by atoms with Crippen molar-refractivity contribution < 1.29 is 9.78 Å². The summed E-state index contributed by atoms with van der Waals surface area (Å²) in [5, 5.41) is 2.89. The first kappa shape index (κ1) is 23.5. The van der Waals surface area contributed by atoms with Crippen LogP contribution in [0, 0.1) is 0 Å². The Morgan fingerprint density at radius 2 is 0.844 bits per heavy atom. The van der Waals surface area contributed by atoms with Crippen LogP contribution in [0.3, 0.4) is 0 Å². The van der Waals surface area contributed by atoms with Gasteiger partial charge in [0.1, 0.15) is 0 Å². The molecule has 0 saturated heterocycles. The molecule has 1 aliphatic carbocycles. The summed E-state index contributed by atoms with van der Waals surface area (Å²) in [6, 6.07) is 5.03. The third kappa shape index (κ3) is 2.78.